The highest BCUT2D eigenvalue weighted by Gasteiger charge is 2.40. The number of hydrogen-bond donors (Lipinski definition) is 1. The van der Waals surface area contributed by atoms with E-state index in [4.69, 9.17) is 5.73 Å². The van der Waals surface area contributed by atoms with Crippen molar-refractivity contribution < 1.29 is 0 Å². The van der Waals surface area contributed by atoms with Crippen molar-refractivity contribution >= 4 is 0 Å². The summed E-state index contributed by atoms with van der Waals surface area (Å²) in [7, 11) is 0. The van der Waals surface area contributed by atoms with Crippen LogP contribution in [0.3, 0.4) is 0 Å². The van der Waals surface area contributed by atoms with Crippen LogP contribution in [-0.2, 0) is 5.41 Å². The molecular weight excluding hydrogens is 174 g/mol. The Balaban J connectivity index is 2.39. The lowest BCUT2D eigenvalue weighted by Crippen LogP contribution is -2.43. The Bertz CT molecular complexity index is 317. The van der Waals surface area contributed by atoms with Crippen LogP contribution in [0.5, 0.6) is 0 Å². The van der Waals surface area contributed by atoms with E-state index >= 15 is 0 Å². The molecule has 3 nitrogen and oxygen atoms in total. The summed E-state index contributed by atoms with van der Waals surface area (Å²) in [6.07, 6.45) is 3.55. The van der Waals surface area contributed by atoms with Gasteiger partial charge in [-0.25, -0.2) is 9.97 Å². The van der Waals surface area contributed by atoms with Crippen molar-refractivity contribution in [2.24, 2.45) is 5.73 Å². The van der Waals surface area contributed by atoms with Crippen LogP contribution in [0.15, 0.2) is 6.07 Å². The third kappa shape index (κ3) is 1.42. The van der Waals surface area contributed by atoms with Gasteiger partial charge in [-0.15, -0.1) is 0 Å². The third-order valence-corrected chi connectivity index (χ3v) is 3.16. The van der Waals surface area contributed by atoms with Gasteiger partial charge in [-0.2, -0.15) is 0 Å². The Morgan fingerprint density at radius 1 is 1.29 bits per heavy atom. The highest BCUT2D eigenvalue weighted by Crippen LogP contribution is 2.41. The highest BCUT2D eigenvalue weighted by atomic mass is 14.9. The van der Waals surface area contributed by atoms with E-state index in [-0.39, 0.29) is 5.41 Å². The molecule has 1 aliphatic carbocycles. The minimum Gasteiger partial charge on any atom is -0.329 e. The molecule has 1 heterocycles. The summed E-state index contributed by atoms with van der Waals surface area (Å²) in [5.41, 5.74) is 8.01. The van der Waals surface area contributed by atoms with Gasteiger partial charge in [0.05, 0.1) is 0 Å². The fourth-order valence-corrected chi connectivity index (χ4v) is 2.09. The molecule has 0 unspecified atom stereocenters. The van der Waals surface area contributed by atoms with Gasteiger partial charge in [-0.05, 0) is 32.8 Å². The Labute approximate surface area is 84.8 Å². The number of nitrogens with zero attached hydrogens (tertiary/aromatic N) is 2. The van der Waals surface area contributed by atoms with E-state index < -0.39 is 0 Å². The van der Waals surface area contributed by atoms with E-state index in [9.17, 15) is 0 Å². The van der Waals surface area contributed by atoms with Gasteiger partial charge >= 0.3 is 0 Å². The number of hydrogen-bond acceptors (Lipinski definition) is 3. The largest absolute Gasteiger partial charge is 0.329 e. The third-order valence-electron chi connectivity index (χ3n) is 3.16. The molecular formula is C11H17N3. The molecule has 3 heteroatoms. The molecule has 0 aliphatic heterocycles. The number of nitrogens with two attached hydrogens (primary N) is 1. The molecule has 1 saturated carbocycles. The summed E-state index contributed by atoms with van der Waals surface area (Å²) in [5.74, 6) is 0.962. The smallest absolute Gasteiger partial charge is 0.136 e. The molecule has 0 atom stereocenters. The molecule has 2 N–H and O–H groups in total. The molecule has 0 amide bonds. The van der Waals surface area contributed by atoms with E-state index in [1.165, 1.54) is 6.42 Å². The molecule has 0 radical (unpaired) electrons. The van der Waals surface area contributed by atoms with Gasteiger partial charge in [-0.3, -0.25) is 0 Å². The van der Waals surface area contributed by atoms with E-state index in [1.54, 1.807) is 0 Å². The summed E-state index contributed by atoms with van der Waals surface area (Å²) >= 11 is 0. The maximum atomic E-state index is 5.82. The van der Waals surface area contributed by atoms with E-state index in [2.05, 4.69) is 9.97 Å². The topological polar surface area (TPSA) is 51.8 Å². The van der Waals surface area contributed by atoms with E-state index in [0.717, 1.165) is 30.1 Å². The first kappa shape index (κ1) is 9.59. The quantitative estimate of drug-likeness (QED) is 0.770. The molecule has 76 valence electrons. The number of rotatable bonds is 2. The monoisotopic (exact) mass is 191 g/mol. The Kier molecular flexibility index (Phi) is 2.27. The summed E-state index contributed by atoms with van der Waals surface area (Å²) in [4.78, 5) is 9.02. The van der Waals surface area contributed by atoms with Crippen LogP contribution in [-0.4, -0.2) is 16.5 Å². The average Bonchev–Trinajstić information content (AvgIpc) is 2.01. The van der Waals surface area contributed by atoms with E-state index in [1.807, 2.05) is 19.9 Å². The second kappa shape index (κ2) is 3.31. The highest BCUT2D eigenvalue weighted by molar-refractivity contribution is 5.18. The minimum atomic E-state index is 0.0940. The fourth-order valence-electron chi connectivity index (χ4n) is 2.09. The second-order valence-corrected chi connectivity index (χ2v) is 4.31. The van der Waals surface area contributed by atoms with Gasteiger partial charge in [0, 0.05) is 23.3 Å². The lowest BCUT2D eigenvalue weighted by molar-refractivity contribution is 0.237. The predicted molar refractivity (Wildman–Crippen MR) is 56.1 cm³/mol. The Morgan fingerprint density at radius 2 is 1.86 bits per heavy atom. The van der Waals surface area contributed by atoms with Gasteiger partial charge in [0.2, 0.25) is 0 Å². The van der Waals surface area contributed by atoms with Crippen molar-refractivity contribution in [3.63, 3.8) is 0 Å². The lowest BCUT2D eigenvalue weighted by Gasteiger charge is -2.39. The zero-order chi connectivity index (χ0) is 10.2. The van der Waals surface area contributed by atoms with Gasteiger partial charge < -0.3 is 5.73 Å². The standard InChI is InChI=1S/C11H17N3/c1-8-6-9(2)14-10(13-8)11(7-12)4-3-5-11/h6H,3-5,7,12H2,1-2H3. The summed E-state index contributed by atoms with van der Waals surface area (Å²) in [5, 5.41) is 0. The number of aromatic nitrogens is 2. The number of aryl methyl sites for hydroxylation is 2. The minimum absolute atomic E-state index is 0.0940. The van der Waals surface area contributed by atoms with Gasteiger partial charge in [0.25, 0.3) is 0 Å². The average molecular weight is 191 g/mol. The van der Waals surface area contributed by atoms with Crippen LogP contribution in [0, 0.1) is 13.8 Å². The SMILES string of the molecule is Cc1cc(C)nc(C2(CN)CCC2)n1. The predicted octanol–water partition coefficient (Wildman–Crippen LogP) is 1.47. The maximum absolute atomic E-state index is 5.82. The Morgan fingerprint density at radius 3 is 2.21 bits per heavy atom. The maximum Gasteiger partial charge on any atom is 0.136 e. The molecule has 14 heavy (non-hydrogen) atoms. The molecule has 0 aromatic carbocycles. The van der Waals surface area contributed by atoms with Crippen LogP contribution < -0.4 is 5.73 Å². The second-order valence-electron chi connectivity index (χ2n) is 4.31. The molecule has 2 rings (SSSR count). The van der Waals surface area contributed by atoms with Crippen molar-refractivity contribution in [1.29, 1.82) is 0 Å². The summed E-state index contributed by atoms with van der Waals surface area (Å²) < 4.78 is 0. The molecule has 1 aromatic rings. The van der Waals surface area contributed by atoms with Gasteiger partial charge in [0.1, 0.15) is 5.82 Å². The van der Waals surface area contributed by atoms with Gasteiger partial charge in [0.15, 0.2) is 0 Å². The van der Waals surface area contributed by atoms with Crippen molar-refractivity contribution in [2.75, 3.05) is 6.54 Å². The first-order chi connectivity index (χ1) is 6.66. The lowest BCUT2D eigenvalue weighted by atomic mass is 9.68. The van der Waals surface area contributed by atoms with E-state index in [0.29, 0.717) is 6.54 Å². The molecule has 1 aliphatic rings. The van der Waals surface area contributed by atoms with Gasteiger partial charge in [-0.1, -0.05) is 6.42 Å². The van der Waals surface area contributed by atoms with Crippen LogP contribution in [0.1, 0.15) is 36.5 Å². The molecule has 1 aromatic heterocycles. The van der Waals surface area contributed by atoms with Crippen molar-refractivity contribution in [3.05, 3.63) is 23.3 Å². The fraction of sp³-hybridized carbons (Fsp3) is 0.636. The van der Waals surface area contributed by atoms with Crippen LogP contribution >= 0.6 is 0 Å². The van der Waals surface area contributed by atoms with Crippen molar-refractivity contribution in [3.8, 4) is 0 Å². The molecule has 0 saturated heterocycles. The zero-order valence-corrected chi connectivity index (χ0v) is 8.88. The van der Waals surface area contributed by atoms with Crippen LogP contribution in [0.25, 0.3) is 0 Å². The van der Waals surface area contributed by atoms with Crippen LogP contribution in [0.4, 0.5) is 0 Å². The summed E-state index contributed by atoms with van der Waals surface area (Å²) in [6.45, 7) is 4.71. The van der Waals surface area contributed by atoms with Crippen LogP contribution in [0.2, 0.25) is 0 Å². The first-order valence-electron chi connectivity index (χ1n) is 5.19. The zero-order valence-electron chi connectivity index (χ0n) is 8.88. The summed E-state index contributed by atoms with van der Waals surface area (Å²) in [6, 6.07) is 2.01. The molecule has 0 bridgehead atoms. The Hall–Kier alpha value is -0.960. The van der Waals surface area contributed by atoms with Crippen molar-refractivity contribution in [1.82, 2.24) is 9.97 Å². The first-order valence-corrected chi connectivity index (χ1v) is 5.19. The normalized spacial score (nSPS) is 19.1. The van der Waals surface area contributed by atoms with Crippen molar-refractivity contribution in [2.45, 2.75) is 38.5 Å². The molecule has 1 fully saturated rings. The molecule has 0 spiro atoms.